The Morgan fingerprint density at radius 1 is 1.04 bits per heavy atom. The molecule has 1 atom stereocenters. The predicted molar refractivity (Wildman–Crippen MR) is 91.6 cm³/mol. The van der Waals surface area contributed by atoms with Gasteiger partial charge < -0.3 is 10.6 Å². The van der Waals surface area contributed by atoms with Crippen LogP contribution < -0.4 is 10.6 Å². The van der Waals surface area contributed by atoms with Gasteiger partial charge in [-0.2, -0.15) is 0 Å². The minimum atomic E-state index is -0.851. The van der Waals surface area contributed by atoms with Gasteiger partial charge in [0.15, 0.2) is 6.17 Å². The van der Waals surface area contributed by atoms with Crippen molar-refractivity contribution in [3.05, 3.63) is 65.7 Å². The Labute approximate surface area is 135 Å². The Hall–Kier alpha value is -2.46. The highest BCUT2D eigenvalue weighted by molar-refractivity contribution is 6.20. The normalized spacial score (nSPS) is 20.7. The van der Waals surface area contributed by atoms with Gasteiger partial charge in [-0.3, -0.25) is 9.79 Å². The molecule has 0 aromatic heterocycles. The van der Waals surface area contributed by atoms with E-state index in [-0.39, 0.29) is 5.91 Å². The predicted octanol–water partition coefficient (Wildman–Crippen LogP) is 2.57. The second-order valence-electron chi connectivity index (χ2n) is 6.20. The van der Waals surface area contributed by atoms with Crippen molar-refractivity contribution < 1.29 is 4.79 Å². The third-order valence-electron chi connectivity index (χ3n) is 4.42. The van der Waals surface area contributed by atoms with Crippen molar-refractivity contribution >= 4 is 17.3 Å². The Bertz CT molecular complexity index is 765. The lowest BCUT2D eigenvalue weighted by Crippen LogP contribution is -2.43. The van der Waals surface area contributed by atoms with Gasteiger partial charge in [0.05, 0.1) is 11.4 Å². The maximum atomic E-state index is 12.7. The zero-order valence-electron chi connectivity index (χ0n) is 12.9. The summed E-state index contributed by atoms with van der Waals surface area (Å²) in [6.07, 6.45) is 1.53. The van der Waals surface area contributed by atoms with E-state index >= 15 is 0 Å². The summed E-state index contributed by atoms with van der Waals surface area (Å²) in [5, 5.41) is 0. The Morgan fingerprint density at radius 3 is 2.48 bits per heavy atom. The largest absolute Gasteiger partial charge is 0.308 e. The summed E-state index contributed by atoms with van der Waals surface area (Å²) in [6.45, 7) is 0.737. The van der Waals surface area contributed by atoms with Gasteiger partial charge in [0.25, 0.3) is 5.91 Å². The van der Waals surface area contributed by atoms with E-state index in [0.717, 1.165) is 29.1 Å². The number of aliphatic imine (C=N–C) groups is 1. The maximum Gasteiger partial charge on any atom is 0.266 e. The number of amides is 1. The molecule has 0 unspecified atom stereocenters. The molecule has 1 aliphatic heterocycles. The SMILES string of the molecule is N[C@@H]1N=C(c2ccccc2)c2ccccc2N(CC2CC2)C1=O. The molecule has 1 amide bonds. The number of benzene rings is 2. The van der Waals surface area contributed by atoms with E-state index in [1.54, 1.807) is 0 Å². The second kappa shape index (κ2) is 5.63. The Balaban J connectivity index is 1.86. The van der Waals surface area contributed by atoms with E-state index in [1.807, 2.05) is 59.5 Å². The van der Waals surface area contributed by atoms with Gasteiger partial charge in [-0.25, -0.2) is 0 Å². The summed E-state index contributed by atoms with van der Waals surface area (Å²) >= 11 is 0. The highest BCUT2D eigenvalue weighted by atomic mass is 16.2. The number of carbonyl (C=O) groups excluding carboxylic acids is 1. The molecule has 0 radical (unpaired) electrons. The molecule has 2 aromatic rings. The molecule has 0 bridgehead atoms. The summed E-state index contributed by atoms with van der Waals surface area (Å²) in [6, 6.07) is 17.9. The van der Waals surface area contributed by atoms with Crippen molar-refractivity contribution in [2.24, 2.45) is 16.6 Å². The molecule has 2 aliphatic rings. The van der Waals surface area contributed by atoms with Crippen molar-refractivity contribution in [1.29, 1.82) is 0 Å². The Kier molecular flexibility index (Phi) is 3.46. The number of hydrogen-bond acceptors (Lipinski definition) is 3. The van der Waals surface area contributed by atoms with Crippen LogP contribution in [-0.2, 0) is 4.79 Å². The topological polar surface area (TPSA) is 58.7 Å². The van der Waals surface area contributed by atoms with Gasteiger partial charge >= 0.3 is 0 Å². The first-order valence-electron chi connectivity index (χ1n) is 8.03. The van der Waals surface area contributed by atoms with Crippen LogP contribution in [0.15, 0.2) is 59.6 Å². The van der Waals surface area contributed by atoms with Crippen molar-refractivity contribution in [1.82, 2.24) is 0 Å². The van der Waals surface area contributed by atoms with Gasteiger partial charge in [-0.1, -0.05) is 48.5 Å². The maximum absolute atomic E-state index is 12.7. The molecule has 116 valence electrons. The highest BCUT2D eigenvalue weighted by Crippen LogP contribution is 2.34. The van der Waals surface area contributed by atoms with E-state index in [0.29, 0.717) is 5.92 Å². The molecule has 1 heterocycles. The third kappa shape index (κ3) is 2.66. The molecule has 23 heavy (non-hydrogen) atoms. The summed E-state index contributed by atoms with van der Waals surface area (Å²) < 4.78 is 0. The smallest absolute Gasteiger partial charge is 0.266 e. The van der Waals surface area contributed by atoms with Gasteiger partial charge in [-0.05, 0) is 24.8 Å². The molecule has 1 aliphatic carbocycles. The zero-order valence-corrected chi connectivity index (χ0v) is 12.9. The molecule has 1 fully saturated rings. The van der Waals surface area contributed by atoms with Crippen LogP contribution in [0.4, 0.5) is 5.69 Å². The van der Waals surface area contributed by atoms with Crippen LogP contribution in [0.25, 0.3) is 0 Å². The first kappa shape index (κ1) is 14.2. The average Bonchev–Trinajstić information content (AvgIpc) is 3.42. The van der Waals surface area contributed by atoms with E-state index < -0.39 is 6.17 Å². The molecular weight excluding hydrogens is 286 g/mol. The van der Waals surface area contributed by atoms with Crippen molar-refractivity contribution in [2.45, 2.75) is 19.0 Å². The molecule has 4 rings (SSSR count). The number of nitrogens with two attached hydrogens (primary N) is 1. The first-order valence-corrected chi connectivity index (χ1v) is 8.03. The zero-order chi connectivity index (χ0) is 15.8. The van der Waals surface area contributed by atoms with Crippen LogP contribution in [0.1, 0.15) is 24.0 Å². The van der Waals surface area contributed by atoms with E-state index in [1.165, 1.54) is 12.8 Å². The van der Waals surface area contributed by atoms with Gasteiger partial charge in [0, 0.05) is 17.7 Å². The number of benzodiazepines with no additional fused rings is 1. The fraction of sp³-hybridized carbons (Fsp3) is 0.263. The molecule has 4 heteroatoms. The van der Waals surface area contributed by atoms with E-state index in [4.69, 9.17) is 5.73 Å². The summed E-state index contributed by atoms with van der Waals surface area (Å²) in [4.78, 5) is 19.1. The molecule has 0 saturated heterocycles. The minimum Gasteiger partial charge on any atom is -0.308 e. The molecule has 0 spiro atoms. The minimum absolute atomic E-state index is 0.115. The Morgan fingerprint density at radius 2 is 1.74 bits per heavy atom. The number of fused-ring (bicyclic) bond motifs is 1. The fourth-order valence-corrected chi connectivity index (χ4v) is 3.02. The fourth-order valence-electron chi connectivity index (χ4n) is 3.02. The van der Waals surface area contributed by atoms with Crippen LogP contribution in [0.5, 0.6) is 0 Å². The van der Waals surface area contributed by atoms with Crippen molar-refractivity contribution in [3.8, 4) is 0 Å². The lowest BCUT2D eigenvalue weighted by Gasteiger charge is -2.24. The van der Waals surface area contributed by atoms with Crippen LogP contribution in [-0.4, -0.2) is 24.3 Å². The van der Waals surface area contributed by atoms with Crippen LogP contribution >= 0.6 is 0 Å². The number of carbonyl (C=O) groups is 1. The molecule has 2 aromatic carbocycles. The van der Waals surface area contributed by atoms with E-state index in [2.05, 4.69) is 4.99 Å². The standard InChI is InChI=1S/C19H19N3O/c20-18-19(23)22(12-13-10-11-13)16-9-5-4-8-15(16)17(21-18)14-6-2-1-3-7-14/h1-9,13,18H,10-12,20H2/t18-/m1/s1. The summed E-state index contributed by atoms with van der Waals surface area (Å²) in [7, 11) is 0. The summed E-state index contributed by atoms with van der Waals surface area (Å²) in [5.74, 6) is 0.479. The highest BCUT2D eigenvalue weighted by Gasteiger charge is 2.33. The number of hydrogen-bond donors (Lipinski definition) is 1. The average molecular weight is 305 g/mol. The molecular formula is C19H19N3O. The lowest BCUT2D eigenvalue weighted by atomic mass is 10.00. The summed E-state index contributed by atoms with van der Waals surface area (Å²) in [5.41, 5.74) is 9.76. The van der Waals surface area contributed by atoms with Crippen LogP contribution in [0, 0.1) is 5.92 Å². The van der Waals surface area contributed by atoms with E-state index in [9.17, 15) is 4.79 Å². The number of nitrogens with zero attached hydrogens (tertiary/aromatic N) is 2. The quantitative estimate of drug-likeness (QED) is 0.947. The third-order valence-corrected chi connectivity index (χ3v) is 4.42. The van der Waals surface area contributed by atoms with Crippen LogP contribution in [0.3, 0.4) is 0 Å². The second-order valence-corrected chi connectivity index (χ2v) is 6.20. The van der Waals surface area contributed by atoms with Crippen molar-refractivity contribution in [3.63, 3.8) is 0 Å². The van der Waals surface area contributed by atoms with Gasteiger partial charge in [0.2, 0.25) is 0 Å². The monoisotopic (exact) mass is 305 g/mol. The number of rotatable bonds is 3. The number of para-hydroxylation sites is 1. The molecule has 1 saturated carbocycles. The van der Waals surface area contributed by atoms with Gasteiger partial charge in [0.1, 0.15) is 0 Å². The lowest BCUT2D eigenvalue weighted by molar-refractivity contribution is -0.119. The number of anilines is 1. The molecule has 2 N–H and O–H groups in total. The van der Waals surface area contributed by atoms with Gasteiger partial charge in [-0.15, -0.1) is 0 Å². The molecule has 4 nitrogen and oxygen atoms in total. The van der Waals surface area contributed by atoms with Crippen molar-refractivity contribution in [2.75, 3.05) is 11.4 Å². The first-order chi connectivity index (χ1) is 11.2. The van der Waals surface area contributed by atoms with Crippen LogP contribution in [0.2, 0.25) is 0 Å².